The molecular weight excluding hydrogens is 300 g/mol. The molecule has 4 heteroatoms. The SMILES string of the molecule is O=C(CCCC(=O)c1ccccc1)NCc1c[nH]c2ccccc12. The minimum atomic E-state index is -0.0267. The van der Waals surface area contributed by atoms with Crippen LogP contribution in [0.3, 0.4) is 0 Å². The molecule has 0 aliphatic carbocycles. The summed E-state index contributed by atoms with van der Waals surface area (Å²) in [5.41, 5.74) is 2.84. The topological polar surface area (TPSA) is 62.0 Å². The number of benzene rings is 2. The van der Waals surface area contributed by atoms with Crippen LogP contribution >= 0.6 is 0 Å². The Hall–Kier alpha value is -2.88. The van der Waals surface area contributed by atoms with Gasteiger partial charge >= 0.3 is 0 Å². The second-order valence-corrected chi connectivity index (χ2v) is 5.78. The van der Waals surface area contributed by atoms with E-state index in [0.717, 1.165) is 16.5 Å². The van der Waals surface area contributed by atoms with Gasteiger partial charge in [-0.1, -0.05) is 48.5 Å². The van der Waals surface area contributed by atoms with Crippen molar-refractivity contribution >= 4 is 22.6 Å². The van der Waals surface area contributed by atoms with Gasteiger partial charge in [-0.15, -0.1) is 0 Å². The summed E-state index contributed by atoms with van der Waals surface area (Å²) in [5.74, 6) is 0.0566. The number of para-hydroxylation sites is 1. The molecule has 1 aromatic heterocycles. The van der Waals surface area contributed by atoms with Gasteiger partial charge < -0.3 is 10.3 Å². The zero-order valence-corrected chi connectivity index (χ0v) is 13.4. The average Bonchev–Trinajstić information content (AvgIpc) is 3.04. The number of carbonyl (C=O) groups is 2. The van der Waals surface area contributed by atoms with Crippen molar-refractivity contribution in [3.05, 3.63) is 71.9 Å². The van der Waals surface area contributed by atoms with Crippen LogP contribution in [0, 0.1) is 0 Å². The number of fused-ring (bicyclic) bond motifs is 1. The van der Waals surface area contributed by atoms with Crippen molar-refractivity contribution in [2.24, 2.45) is 0 Å². The van der Waals surface area contributed by atoms with Gasteiger partial charge in [-0.05, 0) is 18.1 Å². The first-order chi connectivity index (χ1) is 11.7. The van der Waals surface area contributed by atoms with Gasteiger partial charge in [-0.25, -0.2) is 0 Å². The molecule has 0 atom stereocenters. The maximum absolute atomic E-state index is 12.0. The van der Waals surface area contributed by atoms with Crippen molar-refractivity contribution in [2.45, 2.75) is 25.8 Å². The molecule has 24 heavy (non-hydrogen) atoms. The number of hydrogen-bond donors (Lipinski definition) is 2. The van der Waals surface area contributed by atoms with Gasteiger partial charge in [0.25, 0.3) is 0 Å². The van der Waals surface area contributed by atoms with Crippen LogP contribution < -0.4 is 5.32 Å². The minimum Gasteiger partial charge on any atom is -0.361 e. The largest absolute Gasteiger partial charge is 0.361 e. The van der Waals surface area contributed by atoms with Crippen molar-refractivity contribution in [3.63, 3.8) is 0 Å². The van der Waals surface area contributed by atoms with Crippen molar-refractivity contribution in [2.75, 3.05) is 0 Å². The van der Waals surface area contributed by atoms with E-state index in [1.54, 1.807) is 12.1 Å². The van der Waals surface area contributed by atoms with E-state index in [-0.39, 0.29) is 11.7 Å². The molecule has 122 valence electrons. The second-order valence-electron chi connectivity index (χ2n) is 5.78. The van der Waals surface area contributed by atoms with E-state index in [2.05, 4.69) is 10.3 Å². The number of ketones is 1. The van der Waals surface area contributed by atoms with Gasteiger partial charge in [0.1, 0.15) is 0 Å². The highest BCUT2D eigenvalue weighted by Crippen LogP contribution is 2.17. The first-order valence-corrected chi connectivity index (χ1v) is 8.14. The second kappa shape index (κ2) is 7.59. The normalized spacial score (nSPS) is 10.7. The van der Waals surface area contributed by atoms with Crippen LogP contribution in [0.5, 0.6) is 0 Å². The lowest BCUT2D eigenvalue weighted by Crippen LogP contribution is -2.22. The maximum Gasteiger partial charge on any atom is 0.220 e. The number of H-pyrrole nitrogens is 1. The number of aromatic amines is 1. The molecule has 0 aliphatic rings. The molecule has 4 nitrogen and oxygen atoms in total. The molecule has 0 saturated heterocycles. The Kier molecular flexibility index (Phi) is 5.06. The van der Waals surface area contributed by atoms with Gasteiger partial charge in [0.05, 0.1) is 0 Å². The number of rotatable bonds is 7. The van der Waals surface area contributed by atoms with Gasteiger partial charge in [-0.3, -0.25) is 9.59 Å². The first-order valence-electron chi connectivity index (χ1n) is 8.14. The van der Waals surface area contributed by atoms with Crippen molar-refractivity contribution < 1.29 is 9.59 Å². The van der Waals surface area contributed by atoms with Crippen LogP contribution in [0.15, 0.2) is 60.8 Å². The fourth-order valence-corrected chi connectivity index (χ4v) is 2.74. The highest BCUT2D eigenvalue weighted by atomic mass is 16.1. The van der Waals surface area contributed by atoms with Crippen molar-refractivity contribution in [3.8, 4) is 0 Å². The summed E-state index contributed by atoms with van der Waals surface area (Å²) in [6, 6.07) is 17.2. The lowest BCUT2D eigenvalue weighted by atomic mass is 10.1. The summed E-state index contributed by atoms with van der Waals surface area (Å²) in [6.45, 7) is 0.496. The van der Waals surface area contributed by atoms with E-state index in [1.807, 2.05) is 48.7 Å². The van der Waals surface area contributed by atoms with Crippen LogP contribution in [-0.2, 0) is 11.3 Å². The number of amides is 1. The van der Waals surface area contributed by atoms with Crippen LogP contribution in [0.4, 0.5) is 0 Å². The molecule has 0 saturated carbocycles. The smallest absolute Gasteiger partial charge is 0.220 e. The number of nitrogens with one attached hydrogen (secondary N) is 2. The molecule has 1 amide bonds. The summed E-state index contributed by atoms with van der Waals surface area (Å²) in [6.07, 6.45) is 3.24. The molecule has 2 N–H and O–H groups in total. The zero-order chi connectivity index (χ0) is 16.8. The number of Topliss-reactive ketones (excluding diaryl/α,β-unsaturated/α-hetero) is 1. The fraction of sp³-hybridized carbons (Fsp3) is 0.200. The Bertz CT molecular complexity index is 837. The Labute approximate surface area is 140 Å². The minimum absolute atomic E-state index is 0.0267. The fourth-order valence-electron chi connectivity index (χ4n) is 2.74. The first kappa shape index (κ1) is 16.0. The average molecular weight is 320 g/mol. The molecule has 1 heterocycles. The van der Waals surface area contributed by atoms with Crippen LogP contribution in [0.2, 0.25) is 0 Å². The highest BCUT2D eigenvalue weighted by Gasteiger charge is 2.08. The molecule has 0 aliphatic heterocycles. The molecule has 0 bridgehead atoms. The lowest BCUT2D eigenvalue weighted by molar-refractivity contribution is -0.121. The molecule has 0 spiro atoms. The van der Waals surface area contributed by atoms with Crippen molar-refractivity contribution in [1.29, 1.82) is 0 Å². The molecule has 3 aromatic rings. The third kappa shape index (κ3) is 3.90. The summed E-state index contributed by atoms with van der Waals surface area (Å²) >= 11 is 0. The zero-order valence-electron chi connectivity index (χ0n) is 13.4. The van der Waals surface area contributed by atoms with E-state index in [9.17, 15) is 9.59 Å². The maximum atomic E-state index is 12.0. The van der Waals surface area contributed by atoms with E-state index < -0.39 is 0 Å². The van der Waals surface area contributed by atoms with Crippen LogP contribution in [0.25, 0.3) is 10.9 Å². The number of carbonyl (C=O) groups excluding carboxylic acids is 2. The quantitative estimate of drug-likeness (QED) is 0.650. The van der Waals surface area contributed by atoms with E-state index >= 15 is 0 Å². The predicted octanol–water partition coefficient (Wildman–Crippen LogP) is 3.84. The lowest BCUT2D eigenvalue weighted by Gasteiger charge is -2.05. The third-order valence-electron chi connectivity index (χ3n) is 4.05. The van der Waals surface area contributed by atoms with Crippen molar-refractivity contribution in [1.82, 2.24) is 10.3 Å². The molecule has 0 unspecified atom stereocenters. The Balaban J connectivity index is 1.44. The van der Waals surface area contributed by atoms with Gasteiger partial charge in [0, 0.05) is 42.0 Å². The number of aromatic nitrogens is 1. The standard InChI is InChI=1S/C20H20N2O2/c23-19(15-7-2-1-3-8-15)11-6-12-20(24)22-14-16-13-21-18-10-5-4-9-17(16)18/h1-5,7-10,13,21H,6,11-12,14H2,(H,22,24). The molecule has 2 aromatic carbocycles. The van der Waals surface area contributed by atoms with Crippen LogP contribution in [-0.4, -0.2) is 16.7 Å². The molecule has 0 radical (unpaired) electrons. The van der Waals surface area contributed by atoms with Gasteiger partial charge in [-0.2, -0.15) is 0 Å². The highest BCUT2D eigenvalue weighted by molar-refractivity contribution is 5.96. The molecule has 3 rings (SSSR count). The van der Waals surface area contributed by atoms with Gasteiger partial charge in [0.2, 0.25) is 5.91 Å². The Morgan fingerprint density at radius 2 is 1.67 bits per heavy atom. The summed E-state index contributed by atoms with van der Waals surface area (Å²) in [7, 11) is 0. The van der Waals surface area contributed by atoms with E-state index in [1.165, 1.54) is 0 Å². The summed E-state index contributed by atoms with van der Waals surface area (Å²) in [5, 5.41) is 4.04. The van der Waals surface area contributed by atoms with Gasteiger partial charge in [0.15, 0.2) is 5.78 Å². The van der Waals surface area contributed by atoms with E-state index in [0.29, 0.717) is 31.4 Å². The molecule has 0 fully saturated rings. The summed E-state index contributed by atoms with van der Waals surface area (Å²) in [4.78, 5) is 27.1. The number of hydrogen-bond acceptors (Lipinski definition) is 2. The Morgan fingerprint density at radius 1 is 0.917 bits per heavy atom. The third-order valence-corrected chi connectivity index (χ3v) is 4.05. The summed E-state index contributed by atoms with van der Waals surface area (Å²) < 4.78 is 0. The Morgan fingerprint density at radius 3 is 2.50 bits per heavy atom. The van der Waals surface area contributed by atoms with E-state index in [4.69, 9.17) is 0 Å². The predicted molar refractivity (Wildman–Crippen MR) is 94.8 cm³/mol. The molecular formula is C20H20N2O2. The van der Waals surface area contributed by atoms with Crippen LogP contribution in [0.1, 0.15) is 35.2 Å². The monoisotopic (exact) mass is 320 g/mol.